The van der Waals surface area contributed by atoms with E-state index in [-0.39, 0.29) is 11.9 Å². The van der Waals surface area contributed by atoms with Crippen molar-refractivity contribution in [3.8, 4) is 5.75 Å². The zero-order valence-electron chi connectivity index (χ0n) is 15.1. The van der Waals surface area contributed by atoms with Crippen molar-refractivity contribution >= 4 is 11.8 Å². The average Bonchev–Trinajstić information content (AvgIpc) is 2.64. The predicted molar refractivity (Wildman–Crippen MR) is 99.1 cm³/mol. The van der Waals surface area contributed by atoms with E-state index in [2.05, 4.69) is 10.3 Å². The molecule has 1 aromatic heterocycles. The Morgan fingerprint density at radius 3 is 2.56 bits per heavy atom. The molecule has 0 bridgehead atoms. The van der Waals surface area contributed by atoms with Crippen LogP contribution < -0.4 is 10.1 Å². The van der Waals surface area contributed by atoms with Gasteiger partial charge in [-0.25, -0.2) is 4.98 Å². The zero-order valence-corrected chi connectivity index (χ0v) is 15.1. The van der Waals surface area contributed by atoms with Gasteiger partial charge >= 0.3 is 5.97 Å². The maximum Gasteiger partial charge on any atom is 0.313 e. The van der Waals surface area contributed by atoms with Crippen LogP contribution in [-0.2, 0) is 16.0 Å². The zero-order chi connectivity index (χ0) is 18.1. The molecule has 134 valence electrons. The van der Waals surface area contributed by atoms with Gasteiger partial charge in [-0.1, -0.05) is 25.1 Å². The van der Waals surface area contributed by atoms with Crippen LogP contribution in [0.1, 0.15) is 37.4 Å². The number of hydrogen-bond acceptors (Lipinski definition) is 5. The molecule has 2 rings (SSSR count). The van der Waals surface area contributed by atoms with Crippen LogP contribution in [0.15, 0.2) is 42.5 Å². The van der Waals surface area contributed by atoms with E-state index in [1.165, 1.54) is 0 Å². The number of carbonyl (C=O) groups excluding carboxylic acids is 1. The minimum atomic E-state index is -0.220. The van der Waals surface area contributed by atoms with Crippen LogP contribution in [-0.4, -0.2) is 31.2 Å². The highest BCUT2D eigenvalue weighted by Crippen LogP contribution is 2.23. The first-order chi connectivity index (χ1) is 12.2. The molecule has 1 N–H and O–H groups in total. The van der Waals surface area contributed by atoms with Crippen molar-refractivity contribution in [3.63, 3.8) is 0 Å². The average molecular weight is 342 g/mol. The highest BCUT2D eigenvalue weighted by atomic mass is 16.5. The Morgan fingerprint density at radius 2 is 1.92 bits per heavy atom. The third kappa shape index (κ3) is 5.48. The summed E-state index contributed by atoms with van der Waals surface area (Å²) < 4.78 is 10.9. The van der Waals surface area contributed by atoms with Crippen molar-refractivity contribution in [1.82, 2.24) is 4.98 Å². The number of rotatable bonds is 9. The second kappa shape index (κ2) is 9.67. The van der Waals surface area contributed by atoms with Crippen molar-refractivity contribution in [2.24, 2.45) is 0 Å². The molecule has 0 saturated heterocycles. The third-order valence-corrected chi connectivity index (χ3v) is 3.95. The van der Waals surface area contributed by atoms with Gasteiger partial charge in [0, 0.05) is 19.2 Å². The number of pyridine rings is 1. The van der Waals surface area contributed by atoms with E-state index in [0.717, 1.165) is 29.2 Å². The summed E-state index contributed by atoms with van der Waals surface area (Å²) in [5.74, 6) is 1.25. The summed E-state index contributed by atoms with van der Waals surface area (Å²) in [5.41, 5.74) is 1.94. The molecule has 0 aliphatic rings. The lowest BCUT2D eigenvalue weighted by molar-refractivity contribution is -0.145. The summed E-state index contributed by atoms with van der Waals surface area (Å²) >= 11 is 0. The lowest BCUT2D eigenvalue weighted by atomic mass is 9.96. The van der Waals surface area contributed by atoms with Crippen molar-refractivity contribution in [1.29, 1.82) is 0 Å². The molecule has 1 atom stereocenters. The van der Waals surface area contributed by atoms with Crippen LogP contribution >= 0.6 is 0 Å². The molecule has 5 heteroatoms. The van der Waals surface area contributed by atoms with Gasteiger partial charge in [-0.05, 0) is 43.2 Å². The number of esters is 1. The minimum absolute atomic E-state index is 0.172. The molecule has 1 heterocycles. The molecule has 1 unspecified atom stereocenters. The van der Waals surface area contributed by atoms with Gasteiger partial charge in [0.05, 0.1) is 19.1 Å². The van der Waals surface area contributed by atoms with Gasteiger partial charge in [0.1, 0.15) is 11.6 Å². The van der Waals surface area contributed by atoms with Crippen LogP contribution in [0.2, 0.25) is 0 Å². The molecule has 0 radical (unpaired) electrons. The summed E-state index contributed by atoms with van der Waals surface area (Å²) in [6.07, 6.45) is 1.45. The SMILES string of the molecule is CCOC(=O)C(CC)c1ccc(OCCc2cccc(NC)n2)cc1. The van der Waals surface area contributed by atoms with Crippen LogP contribution in [0.25, 0.3) is 0 Å². The number of hydrogen-bond donors (Lipinski definition) is 1. The van der Waals surface area contributed by atoms with E-state index in [0.29, 0.717) is 19.6 Å². The fourth-order valence-corrected chi connectivity index (χ4v) is 2.61. The second-order valence-electron chi connectivity index (χ2n) is 5.64. The summed E-state index contributed by atoms with van der Waals surface area (Å²) in [4.78, 5) is 16.4. The number of anilines is 1. The molecule has 0 spiro atoms. The summed E-state index contributed by atoms with van der Waals surface area (Å²) in [5, 5.41) is 3.03. The molecule has 0 aliphatic heterocycles. The summed E-state index contributed by atoms with van der Waals surface area (Å²) in [7, 11) is 1.85. The first-order valence-electron chi connectivity index (χ1n) is 8.71. The Balaban J connectivity index is 1.90. The minimum Gasteiger partial charge on any atom is -0.493 e. The Bertz CT molecular complexity index is 671. The maximum atomic E-state index is 12.0. The van der Waals surface area contributed by atoms with Gasteiger partial charge < -0.3 is 14.8 Å². The fraction of sp³-hybridized carbons (Fsp3) is 0.400. The second-order valence-corrected chi connectivity index (χ2v) is 5.64. The van der Waals surface area contributed by atoms with Gasteiger partial charge in [0.2, 0.25) is 0 Å². The largest absolute Gasteiger partial charge is 0.493 e. The molecule has 5 nitrogen and oxygen atoms in total. The highest BCUT2D eigenvalue weighted by molar-refractivity contribution is 5.78. The standard InChI is InChI=1S/C20H26N2O3/c1-4-18(20(23)24-5-2)15-9-11-17(12-10-15)25-14-13-16-7-6-8-19(21-3)22-16/h6-12,18H,4-5,13-14H2,1-3H3,(H,21,22). The van der Waals surface area contributed by atoms with Crippen LogP contribution in [0.3, 0.4) is 0 Å². The number of carbonyl (C=O) groups is 1. The van der Waals surface area contributed by atoms with E-state index >= 15 is 0 Å². The molecule has 25 heavy (non-hydrogen) atoms. The topological polar surface area (TPSA) is 60.5 Å². The monoisotopic (exact) mass is 342 g/mol. The van der Waals surface area contributed by atoms with E-state index in [1.807, 2.05) is 63.4 Å². The fourth-order valence-electron chi connectivity index (χ4n) is 2.61. The Morgan fingerprint density at radius 1 is 1.16 bits per heavy atom. The number of benzene rings is 1. The number of nitrogens with zero attached hydrogens (tertiary/aromatic N) is 1. The summed E-state index contributed by atoms with van der Waals surface area (Å²) in [6, 6.07) is 13.5. The normalized spacial score (nSPS) is 11.6. The van der Waals surface area contributed by atoms with Crippen molar-refractivity contribution < 1.29 is 14.3 Å². The first kappa shape index (κ1) is 18.8. The van der Waals surface area contributed by atoms with E-state index < -0.39 is 0 Å². The quantitative estimate of drug-likeness (QED) is 0.702. The summed E-state index contributed by atoms with van der Waals surface area (Å²) in [6.45, 7) is 4.76. The Kier molecular flexibility index (Phi) is 7.26. The molecular formula is C20H26N2O3. The lowest BCUT2D eigenvalue weighted by Gasteiger charge is -2.14. The molecule has 1 aromatic carbocycles. The smallest absolute Gasteiger partial charge is 0.313 e. The van der Waals surface area contributed by atoms with Crippen LogP contribution in [0.4, 0.5) is 5.82 Å². The van der Waals surface area contributed by atoms with Crippen molar-refractivity contribution in [2.45, 2.75) is 32.6 Å². The number of ether oxygens (including phenoxy) is 2. The van der Waals surface area contributed by atoms with Gasteiger partial charge in [-0.2, -0.15) is 0 Å². The van der Waals surface area contributed by atoms with Gasteiger partial charge in [-0.3, -0.25) is 4.79 Å². The number of aromatic nitrogens is 1. The molecule has 2 aromatic rings. The first-order valence-corrected chi connectivity index (χ1v) is 8.71. The lowest BCUT2D eigenvalue weighted by Crippen LogP contribution is -2.15. The Hall–Kier alpha value is -2.56. The molecule has 0 fully saturated rings. The van der Waals surface area contributed by atoms with Gasteiger partial charge in [0.15, 0.2) is 0 Å². The molecule has 0 amide bonds. The van der Waals surface area contributed by atoms with Gasteiger partial charge in [-0.15, -0.1) is 0 Å². The highest BCUT2D eigenvalue weighted by Gasteiger charge is 2.19. The molecular weight excluding hydrogens is 316 g/mol. The molecule has 0 aliphatic carbocycles. The third-order valence-electron chi connectivity index (χ3n) is 3.95. The van der Waals surface area contributed by atoms with Crippen LogP contribution in [0, 0.1) is 0 Å². The predicted octanol–water partition coefficient (Wildman–Crippen LogP) is 3.80. The van der Waals surface area contributed by atoms with E-state index in [1.54, 1.807) is 0 Å². The Labute approximate surface area is 149 Å². The van der Waals surface area contributed by atoms with Crippen LogP contribution in [0.5, 0.6) is 5.75 Å². The molecule has 0 saturated carbocycles. The number of nitrogens with one attached hydrogen (secondary N) is 1. The maximum absolute atomic E-state index is 12.0. The van der Waals surface area contributed by atoms with Crippen molar-refractivity contribution in [2.75, 3.05) is 25.6 Å². The van der Waals surface area contributed by atoms with Gasteiger partial charge in [0.25, 0.3) is 0 Å². The van der Waals surface area contributed by atoms with Crippen molar-refractivity contribution in [3.05, 3.63) is 53.7 Å². The van der Waals surface area contributed by atoms with E-state index in [4.69, 9.17) is 9.47 Å². The van der Waals surface area contributed by atoms with E-state index in [9.17, 15) is 4.79 Å².